The van der Waals surface area contributed by atoms with E-state index in [1.165, 1.54) is 0 Å². The summed E-state index contributed by atoms with van der Waals surface area (Å²) in [5.74, 6) is 4.86. The van der Waals surface area contributed by atoms with Gasteiger partial charge in [-0.3, -0.25) is 0 Å². The lowest BCUT2D eigenvalue weighted by Gasteiger charge is -1.85. The highest BCUT2D eigenvalue weighted by atomic mass is 16.3. The highest BCUT2D eigenvalue weighted by Crippen LogP contribution is 2.05. The van der Waals surface area contributed by atoms with E-state index in [9.17, 15) is 4.91 Å². The van der Waals surface area contributed by atoms with Crippen LogP contribution in [-0.4, -0.2) is 4.87 Å². The minimum atomic E-state index is 0.459. The lowest BCUT2D eigenvalue weighted by molar-refractivity contribution is -0.530. The van der Waals surface area contributed by atoms with E-state index in [-0.39, 0.29) is 0 Å². The quantitative estimate of drug-likeness (QED) is 0.349. The first-order valence-corrected chi connectivity index (χ1v) is 2.74. The van der Waals surface area contributed by atoms with E-state index in [4.69, 9.17) is 5.84 Å². The molecule has 0 aromatic heterocycles. The van der Waals surface area contributed by atoms with Crippen molar-refractivity contribution < 1.29 is 4.87 Å². The van der Waals surface area contributed by atoms with Gasteiger partial charge in [0.25, 0.3) is 5.69 Å². The first-order chi connectivity index (χ1) is 4.84. The fourth-order valence-electron chi connectivity index (χ4n) is 0.588. The Morgan fingerprint density at radius 1 is 1.50 bits per heavy atom. The maximum absolute atomic E-state index is 10.7. The summed E-state index contributed by atoms with van der Waals surface area (Å²) < 4.78 is 0. The SMILES string of the molecule is NN[N+](=O)c1cc[c]cc1. The van der Waals surface area contributed by atoms with Crippen molar-refractivity contribution in [3.05, 3.63) is 35.2 Å². The summed E-state index contributed by atoms with van der Waals surface area (Å²) >= 11 is 0. The molecule has 0 saturated heterocycles. The number of nitroso groups, excluding NO2 is 1. The molecule has 1 aromatic carbocycles. The van der Waals surface area contributed by atoms with Crippen LogP contribution in [0.15, 0.2) is 24.3 Å². The molecule has 51 valence electrons. The topological polar surface area (TPSA) is 58.1 Å². The van der Waals surface area contributed by atoms with Crippen LogP contribution in [0.2, 0.25) is 0 Å². The van der Waals surface area contributed by atoms with Crippen LogP contribution in [-0.2, 0) is 0 Å². The number of nitrogens with zero attached hydrogens (tertiary/aromatic N) is 1. The molecule has 4 heteroatoms. The Balaban J connectivity index is 2.85. The van der Waals surface area contributed by atoms with Gasteiger partial charge in [0.05, 0.1) is 4.91 Å². The van der Waals surface area contributed by atoms with E-state index in [2.05, 4.69) is 6.07 Å². The summed E-state index contributed by atoms with van der Waals surface area (Å²) in [7, 11) is 0. The summed E-state index contributed by atoms with van der Waals surface area (Å²) in [6.45, 7) is 0. The van der Waals surface area contributed by atoms with Crippen molar-refractivity contribution in [1.82, 2.24) is 5.53 Å². The number of hydrogen-bond donors (Lipinski definition) is 2. The molecule has 10 heavy (non-hydrogen) atoms. The third-order valence-electron chi connectivity index (χ3n) is 1.05. The van der Waals surface area contributed by atoms with E-state index >= 15 is 0 Å². The van der Waals surface area contributed by atoms with Crippen molar-refractivity contribution in [3.63, 3.8) is 0 Å². The van der Waals surface area contributed by atoms with E-state index in [0.29, 0.717) is 10.6 Å². The predicted molar refractivity (Wildman–Crippen MR) is 35.9 cm³/mol. The number of hydrogen-bond acceptors (Lipinski definition) is 2. The Bertz CT molecular complexity index is 222. The van der Waals surface area contributed by atoms with Gasteiger partial charge in [-0.05, 0) is 18.2 Å². The predicted octanol–water partition coefficient (Wildman–Crippen LogP) is 0.275. The standard InChI is InChI=1S/C6H7N3O/c7-8-9(10)6-4-2-1-3-5-6/h2-5H,7H2,(H,8,10)/q+1. The molecule has 1 rings (SSSR count). The Morgan fingerprint density at radius 2 is 2.10 bits per heavy atom. The largest absolute Gasteiger partial charge is 0.293 e. The van der Waals surface area contributed by atoms with E-state index in [1.807, 2.05) is 5.53 Å². The normalized spacial score (nSPS) is 8.90. The molecule has 1 radical (unpaired) electrons. The molecule has 0 aliphatic rings. The molecular formula is C6H7N3O+. The van der Waals surface area contributed by atoms with Gasteiger partial charge >= 0.3 is 0 Å². The third-order valence-corrected chi connectivity index (χ3v) is 1.05. The van der Waals surface area contributed by atoms with Crippen LogP contribution in [0.1, 0.15) is 0 Å². The van der Waals surface area contributed by atoms with Crippen LogP contribution in [0.25, 0.3) is 0 Å². The molecule has 0 spiro atoms. The van der Waals surface area contributed by atoms with Gasteiger partial charge in [-0.1, -0.05) is 5.53 Å². The molecule has 0 aliphatic carbocycles. The van der Waals surface area contributed by atoms with Crippen LogP contribution in [0, 0.1) is 11.0 Å². The Labute approximate surface area is 58.2 Å². The fourth-order valence-corrected chi connectivity index (χ4v) is 0.588. The number of nitrogens with one attached hydrogen (secondary N) is 1. The van der Waals surface area contributed by atoms with E-state index < -0.39 is 0 Å². The zero-order valence-corrected chi connectivity index (χ0v) is 5.24. The first-order valence-electron chi connectivity index (χ1n) is 2.74. The molecule has 1 aromatic rings. The second-order valence-electron chi connectivity index (χ2n) is 1.68. The van der Waals surface area contributed by atoms with Gasteiger partial charge in [-0.25, -0.2) is 0 Å². The molecule has 0 heterocycles. The Morgan fingerprint density at radius 3 is 2.60 bits per heavy atom. The van der Waals surface area contributed by atoms with Gasteiger partial charge in [-0.2, -0.15) is 5.84 Å². The van der Waals surface area contributed by atoms with Crippen molar-refractivity contribution in [3.8, 4) is 0 Å². The highest BCUT2D eigenvalue weighted by molar-refractivity contribution is 5.27. The first kappa shape index (κ1) is 6.70. The molecule has 0 saturated carbocycles. The Kier molecular flexibility index (Phi) is 1.96. The summed E-state index contributed by atoms with van der Waals surface area (Å²) in [5, 5.41) is 0. The molecule has 0 unspecified atom stereocenters. The summed E-state index contributed by atoms with van der Waals surface area (Å²) in [4.78, 5) is 11.1. The molecular weight excluding hydrogens is 130 g/mol. The van der Waals surface area contributed by atoms with Crippen LogP contribution in [0.4, 0.5) is 5.69 Å². The van der Waals surface area contributed by atoms with E-state index in [1.54, 1.807) is 24.3 Å². The molecule has 0 bridgehead atoms. The lowest BCUT2D eigenvalue weighted by Crippen LogP contribution is -2.29. The Hall–Kier alpha value is -1.42. The minimum Gasteiger partial charge on any atom is -0.196 e. The minimum absolute atomic E-state index is 0.459. The second-order valence-corrected chi connectivity index (χ2v) is 1.68. The molecule has 0 aliphatic heterocycles. The van der Waals surface area contributed by atoms with Gasteiger partial charge < -0.3 is 0 Å². The van der Waals surface area contributed by atoms with Gasteiger partial charge in [0.1, 0.15) is 0 Å². The number of rotatable bonds is 2. The molecule has 3 N–H and O–H groups in total. The smallest absolute Gasteiger partial charge is 0.196 e. The van der Waals surface area contributed by atoms with Crippen LogP contribution >= 0.6 is 0 Å². The second kappa shape index (κ2) is 2.93. The zero-order chi connectivity index (χ0) is 7.40. The molecule has 0 atom stereocenters. The van der Waals surface area contributed by atoms with Gasteiger partial charge in [0.2, 0.25) is 0 Å². The lowest BCUT2D eigenvalue weighted by atomic mass is 10.3. The summed E-state index contributed by atoms with van der Waals surface area (Å²) in [6, 6.07) is 9.26. The average molecular weight is 137 g/mol. The van der Waals surface area contributed by atoms with Crippen molar-refractivity contribution >= 4 is 5.69 Å². The van der Waals surface area contributed by atoms with Crippen molar-refractivity contribution in [1.29, 1.82) is 0 Å². The maximum atomic E-state index is 10.7. The van der Waals surface area contributed by atoms with Crippen molar-refractivity contribution in [2.45, 2.75) is 0 Å². The highest BCUT2D eigenvalue weighted by Gasteiger charge is 2.07. The van der Waals surface area contributed by atoms with Gasteiger partial charge in [0.15, 0.2) is 4.87 Å². The number of hydrazine groups is 2. The third kappa shape index (κ3) is 1.29. The number of benzene rings is 1. The summed E-state index contributed by atoms with van der Waals surface area (Å²) in [6.07, 6.45) is 0. The average Bonchev–Trinajstić information content (AvgIpc) is 2.05. The van der Waals surface area contributed by atoms with Crippen molar-refractivity contribution in [2.75, 3.05) is 0 Å². The maximum Gasteiger partial charge on any atom is 0.293 e. The fraction of sp³-hybridized carbons (Fsp3) is 0. The van der Waals surface area contributed by atoms with Crippen molar-refractivity contribution in [2.24, 2.45) is 5.84 Å². The zero-order valence-electron chi connectivity index (χ0n) is 5.24. The van der Waals surface area contributed by atoms with Crippen LogP contribution in [0.3, 0.4) is 0 Å². The monoisotopic (exact) mass is 137 g/mol. The molecule has 4 nitrogen and oxygen atoms in total. The summed E-state index contributed by atoms with van der Waals surface area (Å²) in [5.41, 5.74) is 2.40. The van der Waals surface area contributed by atoms with Gasteiger partial charge in [0, 0.05) is 12.1 Å². The molecule has 0 amide bonds. The number of nitrogens with two attached hydrogens (primary N) is 1. The molecule has 0 fully saturated rings. The van der Waals surface area contributed by atoms with Crippen LogP contribution < -0.4 is 11.4 Å². The van der Waals surface area contributed by atoms with Crippen LogP contribution in [0.5, 0.6) is 0 Å². The van der Waals surface area contributed by atoms with Gasteiger partial charge in [-0.15, -0.1) is 0 Å². The van der Waals surface area contributed by atoms with E-state index in [0.717, 1.165) is 0 Å².